The van der Waals surface area contributed by atoms with Crippen LogP contribution in [0.15, 0.2) is 0 Å². The van der Waals surface area contributed by atoms with Gasteiger partial charge < -0.3 is 9.80 Å². The Bertz CT molecular complexity index is 338. The monoisotopic (exact) mass is 279 g/mol. The van der Waals surface area contributed by atoms with Crippen LogP contribution in [0.25, 0.3) is 0 Å². The molecule has 0 spiro atoms. The first-order valence-electron chi connectivity index (χ1n) is 7.91. The standard InChI is InChI=1S/C16H29N3O/c1-4-11-19(13-12-18(2)3)15(20)16(14-17)9-7-5-6-8-10-16/h4-13H2,1-3H3. The topological polar surface area (TPSA) is 47.3 Å². The van der Waals surface area contributed by atoms with E-state index >= 15 is 0 Å². The van der Waals surface area contributed by atoms with Gasteiger partial charge in [-0.3, -0.25) is 4.79 Å². The molecule has 1 saturated carbocycles. The van der Waals surface area contributed by atoms with Crippen molar-refractivity contribution in [3.05, 3.63) is 0 Å². The summed E-state index contributed by atoms with van der Waals surface area (Å²) in [6, 6.07) is 2.38. The molecule has 1 aliphatic carbocycles. The summed E-state index contributed by atoms with van der Waals surface area (Å²) in [5, 5.41) is 9.62. The molecule has 4 heteroatoms. The zero-order chi connectivity index (χ0) is 15.0. The molecule has 1 fully saturated rings. The van der Waals surface area contributed by atoms with Crippen molar-refractivity contribution in [2.75, 3.05) is 33.7 Å². The predicted molar refractivity (Wildman–Crippen MR) is 81.2 cm³/mol. The lowest BCUT2D eigenvalue weighted by molar-refractivity contribution is -0.140. The molecule has 114 valence electrons. The van der Waals surface area contributed by atoms with Gasteiger partial charge in [-0.05, 0) is 33.4 Å². The Kier molecular flexibility index (Phi) is 7.01. The second-order valence-electron chi connectivity index (χ2n) is 6.20. The van der Waals surface area contributed by atoms with Gasteiger partial charge in [-0.1, -0.05) is 32.6 Å². The van der Waals surface area contributed by atoms with Crippen LogP contribution in [0.2, 0.25) is 0 Å². The molecular weight excluding hydrogens is 250 g/mol. The number of rotatable bonds is 6. The lowest BCUT2D eigenvalue weighted by Gasteiger charge is -2.32. The summed E-state index contributed by atoms with van der Waals surface area (Å²) in [5.41, 5.74) is -0.752. The highest BCUT2D eigenvalue weighted by Gasteiger charge is 2.41. The third-order valence-electron chi connectivity index (χ3n) is 4.18. The number of hydrogen-bond donors (Lipinski definition) is 0. The zero-order valence-corrected chi connectivity index (χ0v) is 13.3. The molecule has 0 bridgehead atoms. The van der Waals surface area contributed by atoms with Crippen LogP contribution in [-0.2, 0) is 4.79 Å². The highest BCUT2D eigenvalue weighted by Crippen LogP contribution is 2.36. The van der Waals surface area contributed by atoms with Crippen LogP contribution in [0.4, 0.5) is 0 Å². The summed E-state index contributed by atoms with van der Waals surface area (Å²) in [7, 11) is 4.03. The molecule has 0 heterocycles. The number of likely N-dealkylation sites (N-methyl/N-ethyl adjacent to an activating group) is 1. The fourth-order valence-electron chi connectivity index (χ4n) is 2.91. The number of carbonyl (C=O) groups excluding carboxylic acids is 1. The van der Waals surface area contributed by atoms with Crippen LogP contribution in [0.5, 0.6) is 0 Å². The van der Waals surface area contributed by atoms with E-state index in [1.54, 1.807) is 0 Å². The largest absolute Gasteiger partial charge is 0.340 e. The second-order valence-corrected chi connectivity index (χ2v) is 6.20. The molecule has 0 unspecified atom stereocenters. The van der Waals surface area contributed by atoms with E-state index in [1.807, 2.05) is 19.0 Å². The fourth-order valence-corrected chi connectivity index (χ4v) is 2.91. The molecule has 0 aromatic rings. The summed E-state index contributed by atoms with van der Waals surface area (Å²) >= 11 is 0. The van der Waals surface area contributed by atoms with Crippen LogP contribution in [0.3, 0.4) is 0 Å². The molecule has 0 atom stereocenters. The van der Waals surface area contributed by atoms with Gasteiger partial charge in [0.25, 0.3) is 0 Å². The molecule has 0 aromatic carbocycles. The smallest absolute Gasteiger partial charge is 0.243 e. The van der Waals surface area contributed by atoms with E-state index in [1.165, 1.54) is 0 Å². The molecule has 1 aliphatic rings. The Labute approximate surface area is 123 Å². The number of nitriles is 1. The van der Waals surface area contributed by atoms with Gasteiger partial charge in [-0.15, -0.1) is 0 Å². The van der Waals surface area contributed by atoms with Crippen molar-refractivity contribution in [3.8, 4) is 6.07 Å². The molecule has 0 N–H and O–H groups in total. The predicted octanol–water partition coefficient (Wildman–Crippen LogP) is 2.65. The van der Waals surface area contributed by atoms with Gasteiger partial charge in [-0.2, -0.15) is 5.26 Å². The summed E-state index contributed by atoms with van der Waals surface area (Å²) in [4.78, 5) is 16.9. The molecule has 20 heavy (non-hydrogen) atoms. The average Bonchev–Trinajstić information content (AvgIpc) is 2.68. The van der Waals surface area contributed by atoms with E-state index in [0.29, 0.717) is 0 Å². The summed E-state index contributed by atoms with van der Waals surface area (Å²) < 4.78 is 0. The van der Waals surface area contributed by atoms with Gasteiger partial charge >= 0.3 is 0 Å². The average molecular weight is 279 g/mol. The summed E-state index contributed by atoms with van der Waals surface area (Å²) in [6.07, 6.45) is 6.75. The van der Waals surface area contributed by atoms with E-state index in [4.69, 9.17) is 0 Å². The third kappa shape index (κ3) is 4.49. The normalized spacial score (nSPS) is 18.4. The maximum Gasteiger partial charge on any atom is 0.243 e. The van der Waals surface area contributed by atoms with Crippen molar-refractivity contribution in [1.29, 1.82) is 5.26 Å². The van der Waals surface area contributed by atoms with E-state index in [0.717, 1.165) is 64.6 Å². The zero-order valence-electron chi connectivity index (χ0n) is 13.3. The molecule has 1 rings (SSSR count). The van der Waals surface area contributed by atoms with E-state index < -0.39 is 5.41 Å². The van der Waals surface area contributed by atoms with Crippen molar-refractivity contribution in [2.45, 2.75) is 51.9 Å². The SMILES string of the molecule is CCCN(CCN(C)C)C(=O)C1(C#N)CCCCCC1. The number of amides is 1. The minimum atomic E-state index is -0.752. The lowest BCUT2D eigenvalue weighted by atomic mass is 9.80. The maximum absolute atomic E-state index is 12.9. The Balaban J connectivity index is 2.81. The first-order valence-corrected chi connectivity index (χ1v) is 7.91. The number of hydrogen-bond acceptors (Lipinski definition) is 3. The minimum absolute atomic E-state index is 0.0746. The van der Waals surface area contributed by atoms with Crippen LogP contribution >= 0.6 is 0 Å². The van der Waals surface area contributed by atoms with Gasteiger partial charge in [0.1, 0.15) is 5.41 Å². The van der Waals surface area contributed by atoms with Gasteiger partial charge in [0, 0.05) is 19.6 Å². The fraction of sp³-hybridized carbons (Fsp3) is 0.875. The molecule has 1 amide bonds. The lowest BCUT2D eigenvalue weighted by Crippen LogP contribution is -2.46. The summed E-state index contributed by atoms with van der Waals surface area (Å²) in [5.74, 6) is 0.0746. The van der Waals surface area contributed by atoms with Gasteiger partial charge in [0.05, 0.1) is 6.07 Å². The Morgan fingerprint density at radius 2 is 1.70 bits per heavy atom. The van der Waals surface area contributed by atoms with Crippen molar-refractivity contribution >= 4 is 5.91 Å². The number of carbonyl (C=O) groups is 1. The Hall–Kier alpha value is -1.08. The van der Waals surface area contributed by atoms with Crippen LogP contribution in [0.1, 0.15) is 51.9 Å². The molecule has 0 aliphatic heterocycles. The van der Waals surface area contributed by atoms with Gasteiger partial charge in [0.15, 0.2) is 0 Å². The molecule has 4 nitrogen and oxygen atoms in total. The minimum Gasteiger partial charge on any atom is -0.340 e. The van der Waals surface area contributed by atoms with Gasteiger partial charge in [-0.25, -0.2) is 0 Å². The Morgan fingerprint density at radius 1 is 1.10 bits per heavy atom. The van der Waals surface area contributed by atoms with Crippen LogP contribution in [-0.4, -0.2) is 49.4 Å². The second kappa shape index (κ2) is 8.26. The van der Waals surface area contributed by atoms with Crippen molar-refractivity contribution in [3.63, 3.8) is 0 Å². The first kappa shape index (κ1) is 17.0. The van der Waals surface area contributed by atoms with Crippen molar-refractivity contribution in [1.82, 2.24) is 9.80 Å². The van der Waals surface area contributed by atoms with Gasteiger partial charge in [0.2, 0.25) is 5.91 Å². The van der Waals surface area contributed by atoms with E-state index in [-0.39, 0.29) is 5.91 Å². The van der Waals surface area contributed by atoms with E-state index in [2.05, 4.69) is 17.9 Å². The van der Waals surface area contributed by atoms with Crippen molar-refractivity contribution in [2.24, 2.45) is 5.41 Å². The molecular formula is C16H29N3O. The van der Waals surface area contributed by atoms with Crippen LogP contribution in [0, 0.1) is 16.7 Å². The first-order chi connectivity index (χ1) is 9.55. The van der Waals surface area contributed by atoms with E-state index in [9.17, 15) is 10.1 Å². The summed E-state index contributed by atoms with van der Waals surface area (Å²) in [6.45, 7) is 4.43. The quantitative estimate of drug-likeness (QED) is 0.702. The third-order valence-corrected chi connectivity index (χ3v) is 4.18. The maximum atomic E-state index is 12.9. The van der Waals surface area contributed by atoms with Crippen LogP contribution < -0.4 is 0 Å². The molecule has 0 aromatic heterocycles. The highest BCUT2D eigenvalue weighted by atomic mass is 16.2. The van der Waals surface area contributed by atoms with Crippen molar-refractivity contribution < 1.29 is 4.79 Å². The molecule has 0 saturated heterocycles. The highest BCUT2D eigenvalue weighted by molar-refractivity contribution is 5.85. The molecule has 0 radical (unpaired) electrons. The Morgan fingerprint density at radius 3 is 2.15 bits per heavy atom. The number of nitrogens with zero attached hydrogens (tertiary/aromatic N) is 3.